The Hall–Kier alpha value is -1.38. The van der Waals surface area contributed by atoms with Gasteiger partial charge in [-0.05, 0) is 43.5 Å². The average Bonchev–Trinajstić information content (AvgIpc) is 2.31. The van der Waals surface area contributed by atoms with E-state index in [4.69, 9.17) is 0 Å². The van der Waals surface area contributed by atoms with E-state index in [2.05, 4.69) is 0 Å². The van der Waals surface area contributed by atoms with Gasteiger partial charge in [0.15, 0.2) is 0 Å². The minimum Gasteiger partial charge on any atom is -0.339 e. The Morgan fingerprint density at radius 3 is 2.29 bits per heavy atom. The minimum absolute atomic E-state index is 0.00296. The van der Waals surface area contributed by atoms with E-state index in [1.165, 1.54) is 6.07 Å². The summed E-state index contributed by atoms with van der Waals surface area (Å²) in [4.78, 5) is 14.0. The van der Waals surface area contributed by atoms with Gasteiger partial charge in [0.2, 0.25) is 0 Å². The zero-order valence-corrected chi connectivity index (χ0v) is 10.8. The molecule has 3 heteroatoms. The third-order valence-electron chi connectivity index (χ3n) is 2.68. The Balaban J connectivity index is 2.88. The van der Waals surface area contributed by atoms with Gasteiger partial charge in [-0.1, -0.05) is 13.8 Å². The fraction of sp³-hybridized carbons (Fsp3) is 0.500. The van der Waals surface area contributed by atoms with E-state index < -0.39 is 0 Å². The van der Waals surface area contributed by atoms with Gasteiger partial charge in [0.1, 0.15) is 5.82 Å². The molecule has 0 heterocycles. The first-order chi connectivity index (χ1) is 8.10. The maximum absolute atomic E-state index is 13.1. The highest BCUT2D eigenvalue weighted by Gasteiger charge is 2.14. The van der Waals surface area contributed by atoms with E-state index >= 15 is 0 Å². The maximum Gasteiger partial charge on any atom is 0.253 e. The van der Waals surface area contributed by atoms with Crippen molar-refractivity contribution >= 4 is 5.91 Å². The lowest BCUT2D eigenvalue weighted by molar-refractivity contribution is 0.0755. The summed E-state index contributed by atoms with van der Waals surface area (Å²) in [5, 5.41) is 0. The molecule has 0 saturated heterocycles. The van der Waals surface area contributed by atoms with Crippen molar-refractivity contribution < 1.29 is 9.18 Å². The van der Waals surface area contributed by atoms with Crippen LogP contribution in [0.15, 0.2) is 18.2 Å². The van der Waals surface area contributed by atoms with Crippen LogP contribution >= 0.6 is 0 Å². The maximum atomic E-state index is 13.1. The van der Waals surface area contributed by atoms with Crippen LogP contribution in [0.5, 0.6) is 0 Å². The molecule has 0 aliphatic heterocycles. The quantitative estimate of drug-likeness (QED) is 0.768. The molecule has 0 aromatic heterocycles. The summed E-state index contributed by atoms with van der Waals surface area (Å²) in [5.74, 6) is -0.268. The molecule has 1 aromatic carbocycles. The fourth-order valence-electron chi connectivity index (χ4n) is 1.82. The average molecular weight is 237 g/mol. The molecule has 94 valence electrons. The molecule has 0 bridgehead atoms. The number of halogens is 1. The monoisotopic (exact) mass is 237 g/mol. The van der Waals surface area contributed by atoms with Crippen LogP contribution in [0, 0.1) is 12.7 Å². The molecule has 1 amide bonds. The number of hydrogen-bond acceptors (Lipinski definition) is 1. The number of carbonyl (C=O) groups is 1. The van der Waals surface area contributed by atoms with Crippen LogP contribution in [0.25, 0.3) is 0 Å². The van der Waals surface area contributed by atoms with Crippen LogP contribution in [-0.2, 0) is 0 Å². The highest BCUT2D eigenvalue weighted by molar-refractivity contribution is 5.94. The Morgan fingerprint density at radius 2 is 1.82 bits per heavy atom. The molecule has 2 nitrogen and oxygen atoms in total. The molecule has 0 spiro atoms. The van der Waals surface area contributed by atoms with Crippen LogP contribution in [0.3, 0.4) is 0 Å². The van der Waals surface area contributed by atoms with E-state index in [-0.39, 0.29) is 11.7 Å². The van der Waals surface area contributed by atoms with E-state index in [0.717, 1.165) is 25.9 Å². The second kappa shape index (κ2) is 6.38. The predicted molar refractivity (Wildman–Crippen MR) is 67.6 cm³/mol. The summed E-state index contributed by atoms with van der Waals surface area (Å²) in [6, 6.07) is 4.54. The Morgan fingerprint density at radius 1 is 1.24 bits per heavy atom. The lowest BCUT2D eigenvalue weighted by Crippen LogP contribution is -2.32. The first-order valence-corrected chi connectivity index (χ1v) is 6.15. The molecule has 1 aromatic rings. The first kappa shape index (κ1) is 13.7. The molecular weight excluding hydrogens is 217 g/mol. The smallest absolute Gasteiger partial charge is 0.253 e. The van der Waals surface area contributed by atoms with E-state index in [1.807, 2.05) is 18.7 Å². The summed E-state index contributed by atoms with van der Waals surface area (Å²) in [6.07, 6.45) is 1.87. The number of benzene rings is 1. The summed E-state index contributed by atoms with van der Waals surface area (Å²) < 4.78 is 13.1. The third-order valence-corrected chi connectivity index (χ3v) is 2.68. The van der Waals surface area contributed by atoms with E-state index in [9.17, 15) is 9.18 Å². The van der Waals surface area contributed by atoms with Gasteiger partial charge in [-0.3, -0.25) is 4.79 Å². The van der Waals surface area contributed by atoms with Gasteiger partial charge in [-0.15, -0.1) is 0 Å². The van der Waals surface area contributed by atoms with E-state index in [1.54, 1.807) is 19.1 Å². The standard InChI is InChI=1S/C14H20FNO/c1-4-8-16(9-5-2)14(17)12-6-7-13(15)11(3)10-12/h6-7,10H,4-5,8-9H2,1-3H3. The number of aryl methyl sites for hydroxylation is 1. The van der Waals surface area contributed by atoms with Crippen molar-refractivity contribution in [2.24, 2.45) is 0 Å². The highest BCUT2D eigenvalue weighted by atomic mass is 19.1. The largest absolute Gasteiger partial charge is 0.339 e. The van der Waals surface area contributed by atoms with Crippen molar-refractivity contribution in [1.29, 1.82) is 0 Å². The third kappa shape index (κ3) is 3.55. The lowest BCUT2D eigenvalue weighted by atomic mass is 10.1. The molecular formula is C14H20FNO. The second-order valence-corrected chi connectivity index (χ2v) is 4.26. The SMILES string of the molecule is CCCN(CCC)C(=O)c1ccc(F)c(C)c1. The minimum atomic E-state index is -0.265. The van der Waals surface area contributed by atoms with Crippen LogP contribution in [0.2, 0.25) is 0 Å². The summed E-state index contributed by atoms with van der Waals surface area (Å²) in [5.41, 5.74) is 1.09. The lowest BCUT2D eigenvalue weighted by Gasteiger charge is -2.21. The summed E-state index contributed by atoms with van der Waals surface area (Å²) in [7, 11) is 0. The molecule has 0 unspecified atom stereocenters. The van der Waals surface area contributed by atoms with Crippen molar-refractivity contribution in [3.05, 3.63) is 35.1 Å². The molecule has 0 radical (unpaired) electrons. The zero-order chi connectivity index (χ0) is 12.8. The van der Waals surface area contributed by atoms with Gasteiger partial charge >= 0.3 is 0 Å². The molecule has 0 aliphatic rings. The van der Waals surface area contributed by atoms with Crippen LogP contribution < -0.4 is 0 Å². The Bertz CT molecular complexity index is 384. The van der Waals surface area contributed by atoms with Gasteiger partial charge in [0.25, 0.3) is 5.91 Å². The van der Waals surface area contributed by atoms with Crippen molar-refractivity contribution in [3.63, 3.8) is 0 Å². The normalized spacial score (nSPS) is 10.4. The Kier molecular flexibility index (Phi) is 5.13. The predicted octanol–water partition coefficient (Wildman–Crippen LogP) is 3.40. The van der Waals surface area contributed by atoms with Gasteiger partial charge in [0, 0.05) is 18.7 Å². The zero-order valence-electron chi connectivity index (χ0n) is 10.8. The molecule has 0 N–H and O–H groups in total. The molecule has 0 aliphatic carbocycles. The van der Waals surface area contributed by atoms with Crippen molar-refractivity contribution in [2.45, 2.75) is 33.6 Å². The van der Waals surface area contributed by atoms with Crippen molar-refractivity contribution in [3.8, 4) is 0 Å². The number of carbonyl (C=O) groups excluding carboxylic acids is 1. The number of amides is 1. The van der Waals surface area contributed by atoms with Crippen LogP contribution in [0.4, 0.5) is 4.39 Å². The molecule has 0 fully saturated rings. The molecule has 17 heavy (non-hydrogen) atoms. The molecule has 0 atom stereocenters. The topological polar surface area (TPSA) is 20.3 Å². The van der Waals surface area contributed by atoms with Gasteiger partial charge in [0.05, 0.1) is 0 Å². The highest BCUT2D eigenvalue weighted by Crippen LogP contribution is 2.12. The summed E-state index contributed by atoms with van der Waals surface area (Å²) in [6.45, 7) is 7.28. The summed E-state index contributed by atoms with van der Waals surface area (Å²) >= 11 is 0. The van der Waals surface area contributed by atoms with Crippen LogP contribution in [0.1, 0.15) is 42.6 Å². The number of hydrogen-bond donors (Lipinski definition) is 0. The van der Waals surface area contributed by atoms with E-state index in [0.29, 0.717) is 11.1 Å². The number of nitrogens with zero attached hydrogens (tertiary/aromatic N) is 1. The fourth-order valence-corrected chi connectivity index (χ4v) is 1.82. The second-order valence-electron chi connectivity index (χ2n) is 4.26. The van der Waals surface area contributed by atoms with Gasteiger partial charge in [-0.2, -0.15) is 0 Å². The van der Waals surface area contributed by atoms with Crippen molar-refractivity contribution in [1.82, 2.24) is 4.90 Å². The van der Waals surface area contributed by atoms with Gasteiger partial charge in [-0.25, -0.2) is 4.39 Å². The molecule has 0 saturated carbocycles. The Labute approximate surface area is 102 Å². The van der Waals surface area contributed by atoms with Crippen LogP contribution in [-0.4, -0.2) is 23.9 Å². The first-order valence-electron chi connectivity index (χ1n) is 6.15. The van der Waals surface area contributed by atoms with Crippen molar-refractivity contribution in [2.75, 3.05) is 13.1 Å². The van der Waals surface area contributed by atoms with Gasteiger partial charge < -0.3 is 4.90 Å². The number of rotatable bonds is 5. The molecule has 1 rings (SSSR count).